The molecule has 1 amide bonds. The predicted octanol–water partition coefficient (Wildman–Crippen LogP) is 3.21. The van der Waals surface area contributed by atoms with E-state index in [0.717, 1.165) is 35.6 Å². The molecule has 0 spiro atoms. The van der Waals surface area contributed by atoms with Crippen molar-refractivity contribution in [3.8, 4) is 5.69 Å². The standard InChI is InChI=1S/C20H27N3O/c1-13-6-5-7-18(8-13)23-15(3)10-19(16(23)4)20(24)22-12-17(11-21)9-14(22)2/h5-8,10,14,17H,9,11-12,21H2,1-4H3. The highest BCUT2D eigenvalue weighted by atomic mass is 16.2. The van der Waals surface area contributed by atoms with Crippen LogP contribution in [0.15, 0.2) is 30.3 Å². The number of benzene rings is 1. The SMILES string of the molecule is Cc1cccc(-n2c(C)cc(C(=O)N3CC(CN)CC3C)c2C)c1. The lowest BCUT2D eigenvalue weighted by atomic mass is 10.1. The molecule has 2 heterocycles. The fraction of sp³-hybridized carbons (Fsp3) is 0.450. The number of hydrogen-bond acceptors (Lipinski definition) is 2. The van der Waals surface area contributed by atoms with Crippen LogP contribution in [0.5, 0.6) is 0 Å². The summed E-state index contributed by atoms with van der Waals surface area (Å²) in [5.41, 5.74) is 11.0. The van der Waals surface area contributed by atoms with Crippen molar-refractivity contribution < 1.29 is 4.79 Å². The fourth-order valence-corrected chi connectivity index (χ4v) is 3.89. The van der Waals surface area contributed by atoms with Gasteiger partial charge in [0.2, 0.25) is 0 Å². The van der Waals surface area contributed by atoms with Crippen LogP contribution < -0.4 is 5.73 Å². The molecule has 4 nitrogen and oxygen atoms in total. The number of likely N-dealkylation sites (tertiary alicyclic amines) is 1. The maximum atomic E-state index is 13.1. The summed E-state index contributed by atoms with van der Waals surface area (Å²) in [6.07, 6.45) is 0.999. The molecule has 2 unspecified atom stereocenters. The molecule has 0 radical (unpaired) electrons. The molecule has 0 bridgehead atoms. The van der Waals surface area contributed by atoms with Crippen molar-refractivity contribution in [1.29, 1.82) is 0 Å². The predicted molar refractivity (Wildman–Crippen MR) is 97.6 cm³/mol. The van der Waals surface area contributed by atoms with Gasteiger partial charge in [-0.3, -0.25) is 4.79 Å². The molecular weight excluding hydrogens is 298 g/mol. The lowest BCUT2D eigenvalue weighted by molar-refractivity contribution is 0.0742. The highest BCUT2D eigenvalue weighted by Crippen LogP contribution is 2.27. The largest absolute Gasteiger partial charge is 0.336 e. The van der Waals surface area contributed by atoms with Gasteiger partial charge < -0.3 is 15.2 Å². The topological polar surface area (TPSA) is 51.3 Å². The quantitative estimate of drug-likeness (QED) is 0.942. The number of aryl methyl sites for hydroxylation is 2. The van der Waals surface area contributed by atoms with E-state index in [1.165, 1.54) is 5.56 Å². The van der Waals surface area contributed by atoms with Gasteiger partial charge in [-0.25, -0.2) is 0 Å². The number of nitrogens with zero attached hydrogens (tertiary/aromatic N) is 2. The van der Waals surface area contributed by atoms with Crippen LogP contribution in [-0.4, -0.2) is 34.5 Å². The van der Waals surface area contributed by atoms with Crippen molar-refractivity contribution in [3.63, 3.8) is 0 Å². The third-order valence-electron chi connectivity index (χ3n) is 5.18. The summed E-state index contributed by atoms with van der Waals surface area (Å²) in [4.78, 5) is 15.1. The second-order valence-electron chi connectivity index (χ2n) is 7.10. The van der Waals surface area contributed by atoms with Gasteiger partial charge in [0.05, 0.1) is 5.56 Å². The Kier molecular flexibility index (Phi) is 4.50. The highest BCUT2D eigenvalue weighted by Gasteiger charge is 2.33. The van der Waals surface area contributed by atoms with Gasteiger partial charge in [-0.15, -0.1) is 0 Å². The minimum atomic E-state index is 0.130. The monoisotopic (exact) mass is 325 g/mol. The van der Waals surface area contributed by atoms with Crippen molar-refractivity contribution in [2.45, 2.75) is 40.2 Å². The number of carbonyl (C=O) groups excluding carboxylic acids is 1. The summed E-state index contributed by atoms with van der Waals surface area (Å²) >= 11 is 0. The average molecular weight is 325 g/mol. The Balaban J connectivity index is 1.96. The van der Waals surface area contributed by atoms with E-state index < -0.39 is 0 Å². The number of amides is 1. The van der Waals surface area contributed by atoms with Gasteiger partial charge in [0.1, 0.15) is 0 Å². The second-order valence-corrected chi connectivity index (χ2v) is 7.10. The maximum Gasteiger partial charge on any atom is 0.255 e. The Labute approximate surface area is 144 Å². The third kappa shape index (κ3) is 2.86. The smallest absolute Gasteiger partial charge is 0.255 e. The Morgan fingerprint density at radius 3 is 2.62 bits per heavy atom. The van der Waals surface area contributed by atoms with E-state index in [-0.39, 0.29) is 11.9 Å². The van der Waals surface area contributed by atoms with E-state index in [1.807, 2.05) is 17.9 Å². The van der Waals surface area contributed by atoms with Crippen molar-refractivity contribution in [2.75, 3.05) is 13.1 Å². The first kappa shape index (κ1) is 16.8. The molecule has 2 aromatic rings. The van der Waals surface area contributed by atoms with E-state index >= 15 is 0 Å². The summed E-state index contributed by atoms with van der Waals surface area (Å²) in [5, 5.41) is 0. The zero-order chi connectivity index (χ0) is 17.4. The molecule has 2 atom stereocenters. The summed E-state index contributed by atoms with van der Waals surface area (Å²) in [6.45, 7) is 9.71. The van der Waals surface area contributed by atoms with Crippen LogP contribution >= 0.6 is 0 Å². The number of rotatable bonds is 3. The lowest BCUT2D eigenvalue weighted by Gasteiger charge is -2.21. The summed E-state index contributed by atoms with van der Waals surface area (Å²) in [6, 6.07) is 10.7. The van der Waals surface area contributed by atoms with Crippen molar-refractivity contribution in [1.82, 2.24) is 9.47 Å². The molecule has 2 N–H and O–H groups in total. The van der Waals surface area contributed by atoms with Crippen molar-refractivity contribution in [2.24, 2.45) is 11.7 Å². The van der Waals surface area contributed by atoms with Crippen LogP contribution in [0.1, 0.15) is 40.7 Å². The molecule has 0 saturated carbocycles. The van der Waals surface area contributed by atoms with Crippen LogP contribution in [-0.2, 0) is 0 Å². The second kappa shape index (κ2) is 6.44. The summed E-state index contributed by atoms with van der Waals surface area (Å²) in [5.74, 6) is 0.551. The van der Waals surface area contributed by atoms with Crippen LogP contribution in [0.3, 0.4) is 0 Å². The van der Waals surface area contributed by atoms with Crippen LogP contribution in [0, 0.1) is 26.7 Å². The van der Waals surface area contributed by atoms with Gasteiger partial charge in [-0.05, 0) is 70.3 Å². The Morgan fingerprint density at radius 1 is 1.25 bits per heavy atom. The molecule has 1 aromatic carbocycles. The Morgan fingerprint density at radius 2 is 2.00 bits per heavy atom. The zero-order valence-electron chi connectivity index (χ0n) is 15.0. The van der Waals surface area contributed by atoms with Gasteiger partial charge in [0.25, 0.3) is 5.91 Å². The maximum absolute atomic E-state index is 13.1. The van der Waals surface area contributed by atoms with Crippen molar-refractivity contribution >= 4 is 5.91 Å². The highest BCUT2D eigenvalue weighted by molar-refractivity contribution is 5.96. The normalized spacial score (nSPS) is 20.6. The minimum absolute atomic E-state index is 0.130. The molecule has 3 rings (SSSR count). The summed E-state index contributed by atoms with van der Waals surface area (Å²) < 4.78 is 2.17. The average Bonchev–Trinajstić information content (AvgIpc) is 3.06. The van der Waals surface area contributed by atoms with E-state index in [4.69, 9.17) is 5.73 Å². The van der Waals surface area contributed by atoms with E-state index in [0.29, 0.717) is 12.5 Å². The molecular formula is C20H27N3O. The molecule has 128 valence electrons. The number of hydrogen-bond donors (Lipinski definition) is 1. The van der Waals surface area contributed by atoms with Gasteiger partial charge >= 0.3 is 0 Å². The van der Waals surface area contributed by atoms with E-state index in [9.17, 15) is 4.79 Å². The fourth-order valence-electron chi connectivity index (χ4n) is 3.89. The van der Waals surface area contributed by atoms with Crippen LogP contribution in [0.4, 0.5) is 0 Å². The van der Waals surface area contributed by atoms with E-state index in [1.54, 1.807) is 0 Å². The lowest BCUT2D eigenvalue weighted by Crippen LogP contribution is -2.34. The first-order valence-electron chi connectivity index (χ1n) is 8.69. The molecule has 1 saturated heterocycles. The van der Waals surface area contributed by atoms with Crippen molar-refractivity contribution in [3.05, 3.63) is 52.8 Å². The van der Waals surface area contributed by atoms with E-state index in [2.05, 4.69) is 49.6 Å². The molecule has 1 aliphatic heterocycles. The van der Waals surface area contributed by atoms with Gasteiger partial charge in [0, 0.05) is 29.7 Å². The molecule has 4 heteroatoms. The number of aromatic nitrogens is 1. The first-order chi connectivity index (χ1) is 11.4. The molecule has 1 fully saturated rings. The van der Waals surface area contributed by atoms with Crippen LogP contribution in [0.25, 0.3) is 5.69 Å². The molecule has 1 aromatic heterocycles. The molecule has 1 aliphatic rings. The number of carbonyl (C=O) groups is 1. The van der Waals surface area contributed by atoms with Gasteiger partial charge in [-0.2, -0.15) is 0 Å². The van der Waals surface area contributed by atoms with Gasteiger partial charge in [-0.1, -0.05) is 12.1 Å². The molecule has 24 heavy (non-hydrogen) atoms. The third-order valence-corrected chi connectivity index (χ3v) is 5.18. The Bertz CT molecular complexity index is 762. The zero-order valence-corrected chi connectivity index (χ0v) is 15.0. The van der Waals surface area contributed by atoms with Gasteiger partial charge in [0.15, 0.2) is 0 Å². The summed E-state index contributed by atoms with van der Waals surface area (Å²) in [7, 11) is 0. The minimum Gasteiger partial charge on any atom is -0.336 e. The molecule has 0 aliphatic carbocycles. The van der Waals surface area contributed by atoms with Crippen LogP contribution in [0.2, 0.25) is 0 Å². The first-order valence-corrected chi connectivity index (χ1v) is 8.69. The Hall–Kier alpha value is -2.07. The number of nitrogens with two attached hydrogens (primary N) is 1.